The first kappa shape index (κ1) is 21.2. The van der Waals surface area contributed by atoms with E-state index in [2.05, 4.69) is 4.90 Å². The summed E-state index contributed by atoms with van der Waals surface area (Å²) in [6, 6.07) is 7.77. The topological polar surface area (TPSA) is 54.8 Å². The average Bonchev–Trinajstić information content (AvgIpc) is 2.97. The zero-order valence-corrected chi connectivity index (χ0v) is 18.3. The lowest BCUT2D eigenvalue weighted by atomic mass is 10.1. The number of ether oxygens (including phenoxy) is 1. The normalized spacial score (nSPS) is 14.2. The van der Waals surface area contributed by atoms with Crippen molar-refractivity contribution in [1.82, 2.24) is 9.47 Å². The van der Waals surface area contributed by atoms with Gasteiger partial charge in [-0.2, -0.15) is 0 Å². The Labute approximate surface area is 177 Å². The second-order valence-electron chi connectivity index (χ2n) is 7.16. The Morgan fingerprint density at radius 2 is 1.79 bits per heavy atom. The SMILES string of the molecule is CCOC(=O)c1c(C)c(C(=O)N2CCN(c3cccc(Cl)c3)CC2)c(C)n1CC. The Morgan fingerprint density at radius 1 is 1.10 bits per heavy atom. The van der Waals surface area contributed by atoms with Crippen molar-refractivity contribution in [3.05, 3.63) is 51.8 Å². The molecule has 1 aromatic carbocycles. The molecule has 0 spiro atoms. The zero-order chi connectivity index (χ0) is 21.1. The van der Waals surface area contributed by atoms with Crippen LogP contribution in [0.2, 0.25) is 5.02 Å². The summed E-state index contributed by atoms with van der Waals surface area (Å²) in [5.41, 5.74) is 3.68. The minimum Gasteiger partial charge on any atom is -0.461 e. The van der Waals surface area contributed by atoms with Gasteiger partial charge in [-0.1, -0.05) is 17.7 Å². The largest absolute Gasteiger partial charge is 0.461 e. The molecule has 1 aromatic heterocycles. The smallest absolute Gasteiger partial charge is 0.355 e. The second-order valence-corrected chi connectivity index (χ2v) is 7.59. The zero-order valence-electron chi connectivity index (χ0n) is 17.5. The number of benzene rings is 1. The van der Waals surface area contributed by atoms with Crippen LogP contribution in [-0.4, -0.2) is 54.1 Å². The number of rotatable bonds is 5. The highest BCUT2D eigenvalue weighted by Crippen LogP contribution is 2.26. The van der Waals surface area contributed by atoms with Crippen LogP contribution in [0.3, 0.4) is 0 Å². The predicted octanol–water partition coefficient (Wildman–Crippen LogP) is 3.92. The van der Waals surface area contributed by atoms with Gasteiger partial charge in [0.15, 0.2) is 0 Å². The molecule has 0 saturated carbocycles. The highest BCUT2D eigenvalue weighted by atomic mass is 35.5. The van der Waals surface area contributed by atoms with Gasteiger partial charge in [0.1, 0.15) is 5.69 Å². The summed E-state index contributed by atoms with van der Waals surface area (Å²) in [5, 5.41) is 0.708. The molecule has 6 nitrogen and oxygen atoms in total. The van der Waals surface area contributed by atoms with Crippen molar-refractivity contribution >= 4 is 29.2 Å². The van der Waals surface area contributed by atoms with Crippen LogP contribution in [0.5, 0.6) is 0 Å². The maximum absolute atomic E-state index is 13.3. The molecule has 0 aliphatic carbocycles. The lowest BCUT2D eigenvalue weighted by Gasteiger charge is -2.36. The molecule has 156 valence electrons. The van der Waals surface area contributed by atoms with Crippen LogP contribution in [-0.2, 0) is 11.3 Å². The van der Waals surface area contributed by atoms with Crippen LogP contribution in [0.1, 0.15) is 46.0 Å². The lowest BCUT2D eigenvalue weighted by Crippen LogP contribution is -2.49. The summed E-state index contributed by atoms with van der Waals surface area (Å²) in [7, 11) is 0. The summed E-state index contributed by atoms with van der Waals surface area (Å²) >= 11 is 6.11. The second kappa shape index (κ2) is 8.91. The molecule has 0 N–H and O–H groups in total. The van der Waals surface area contributed by atoms with Crippen molar-refractivity contribution in [1.29, 1.82) is 0 Å². The van der Waals surface area contributed by atoms with E-state index in [-0.39, 0.29) is 11.9 Å². The first-order chi connectivity index (χ1) is 13.9. The molecule has 2 heterocycles. The molecule has 29 heavy (non-hydrogen) atoms. The molecule has 3 rings (SSSR count). The van der Waals surface area contributed by atoms with Gasteiger partial charge in [-0.25, -0.2) is 4.79 Å². The van der Waals surface area contributed by atoms with E-state index in [9.17, 15) is 9.59 Å². The van der Waals surface area contributed by atoms with Crippen molar-refractivity contribution in [3.63, 3.8) is 0 Å². The number of hydrogen-bond donors (Lipinski definition) is 0. The number of hydrogen-bond acceptors (Lipinski definition) is 4. The Bertz CT molecular complexity index is 914. The lowest BCUT2D eigenvalue weighted by molar-refractivity contribution is 0.0512. The Morgan fingerprint density at radius 3 is 2.38 bits per heavy atom. The molecule has 1 aliphatic rings. The van der Waals surface area contributed by atoms with Crippen LogP contribution < -0.4 is 4.90 Å². The fourth-order valence-corrected chi connectivity index (χ4v) is 4.25. The molecule has 1 saturated heterocycles. The third-order valence-corrected chi connectivity index (χ3v) is 5.74. The number of piperazine rings is 1. The van der Waals surface area contributed by atoms with E-state index in [0.29, 0.717) is 48.1 Å². The third kappa shape index (κ3) is 4.13. The van der Waals surface area contributed by atoms with Crippen LogP contribution in [0.4, 0.5) is 5.69 Å². The van der Waals surface area contributed by atoms with Crippen LogP contribution in [0, 0.1) is 13.8 Å². The number of carbonyl (C=O) groups excluding carboxylic acids is 2. The first-order valence-electron chi connectivity index (χ1n) is 10.1. The molecule has 0 bridgehead atoms. The predicted molar refractivity (Wildman–Crippen MR) is 115 cm³/mol. The standard InChI is InChI=1S/C22H28ClN3O3/c1-5-26-16(4)19(15(3)20(26)22(28)29-6-2)21(27)25-12-10-24(11-13-25)18-9-7-8-17(23)14-18/h7-9,14H,5-6,10-13H2,1-4H3. The number of aromatic nitrogens is 1. The van der Waals surface area contributed by atoms with Crippen molar-refractivity contribution in [2.45, 2.75) is 34.2 Å². The highest BCUT2D eigenvalue weighted by molar-refractivity contribution is 6.30. The van der Waals surface area contributed by atoms with E-state index in [1.807, 2.05) is 54.5 Å². The Balaban J connectivity index is 1.80. The van der Waals surface area contributed by atoms with Crippen LogP contribution in [0.25, 0.3) is 0 Å². The van der Waals surface area contributed by atoms with Crippen LogP contribution >= 0.6 is 11.6 Å². The summed E-state index contributed by atoms with van der Waals surface area (Å²) < 4.78 is 7.09. The minimum atomic E-state index is -0.375. The Kier molecular flexibility index (Phi) is 6.52. The molecule has 0 atom stereocenters. The van der Waals surface area contributed by atoms with Gasteiger partial charge in [-0.05, 0) is 51.5 Å². The van der Waals surface area contributed by atoms with E-state index in [1.165, 1.54) is 0 Å². The van der Waals surface area contributed by atoms with E-state index in [1.54, 1.807) is 6.92 Å². The van der Waals surface area contributed by atoms with E-state index in [0.717, 1.165) is 24.5 Å². The van der Waals surface area contributed by atoms with Gasteiger partial charge >= 0.3 is 5.97 Å². The van der Waals surface area contributed by atoms with Gasteiger partial charge in [0.05, 0.1) is 12.2 Å². The average molecular weight is 418 g/mol. The molecule has 2 aromatic rings. The summed E-state index contributed by atoms with van der Waals surface area (Å²) in [5.74, 6) is -0.400. The molecule has 0 unspecified atom stereocenters. The van der Waals surface area contributed by atoms with Gasteiger partial charge in [0.25, 0.3) is 5.91 Å². The van der Waals surface area contributed by atoms with Crippen molar-refractivity contribution in [2.75, 3.05) is 37.7 Å². The van der Waals surface area contributed by atoms with Crippen molar-refractivity contribution in [2.24, 2.45) is 0 Å². The summed E-state index contributed by atoms with van der Waals surface area (Å²) in [6.45, 7) is 11.1. The first-order valence-corrected chi connectivity index (χ1v) is 10.4. The molecule has 1 aliphatic heterocycles. The van der Waals surface area contributed by atoms with Gasteiger partial charge in [0.2, 0.25) is 0 Å². The summed E-state index contributed by atoms with van der Waals surface area (Å²) in [6.07, 6.45) is 0. The highest BCUT2D eigenvalue weighted by Gasteiger charge is 2.30. The van der Waals surface area contributed by atoms with Crippen LogP contribution in [0.15, 0.2) is 24.3 Å². The number of anilines is 1. The van der Waals surface area contributed by atoms with Crippen molar-refractivity contribution in [3.8, 4) is 0 Å². The molecule has 1 amide bonds. The number of nitrogens with zero attached hydrogens (tertiary/aromatic N) is 3. The number of esters is 1. The Hall–Kier alpha value is -2.47. The number of carbonyl (C=O) groups is 2. The minimum absolute atomic E-state index is 0.0245. The van der Waals surface area contributed by atoms with Crippen molar-refractivity contribution < 1.29 is 14.3 Å². The fraction of sp³-hybridized carbons (Fsp3) is 0.455. The van der Waals surface area contributed by atoms with Gasteiger partial charge in [0, 0.05) is 49.1 Å². The van der Waals surface area contributed by atoms with E-state index < -0.39 is 0 Å². The maximum atomic E-state index is 13.3. The van der Waals surface area contributed by atoms with E-state index >= 15 is 0 Å². The maximum Gasteiger partial charge on any atom is 0.355 e. The fourth-order valence-electron chi connectivity index (χ4n) is 4.07. The monoisotopic (exact) mass is 417 g/mol. The molecule has 0 radical (unpaired) electrons. The van der Waals surface area contributed by atoms with Gasteiger partial charge < -0.3 is 19.1 Å². The molecule has 1 fully saturated rings. The van der Waals surface area contributed by atoms with E-state index in [4.69, 9.17) is 16.3 Å². The van der Waals surface area contributed by atoms with Gasteiger partial charge in [-0.3, -0.25) is 4.79 Å². The molecular formula is C22H28ClN3O3. The van der Waals surface area contributed by atoms with Gasteiger partial charge in [-0.15, -0.1) is 0 Å². The quantitative estimate of drug-likeness (QED) is 0.692. The number of halogens is 1. The number of amides is 1. The molecule has 7 heteroatoms. The third-order valence-electron chi connectivity index (χ3n) is 5.51. The molecular weight excluding hydrogens is 390 g/mol. The summed E-state index contributed by atoms with van der Waals surface area (Å²) in [4.78, 5) is 29.9.